The van der Waals surface area contributed by atoms with Crippen LogP contribution in [0.25, 0.3) is 0 Å². The minimum absolute atomic E-state index is 0.0102. The highest BCUT2D eigenvalue weighted by atomic mass is 16.4. The maximum atomic E-state index is 12.3. The Morgan fingerprint density at radius 2 is 2.00 bits per heavy atom. The van der Waals surface area contributed by atoms with Gasteiger partial charge in [-0.25, -0.2) is 0 Å². The lowest BCUT2D eigenvalue weighted by Gasteiger charge is -2.40. The highest BCUT2D eigenvalue weighted by Crippen LogP contribution is 2.34. The summed E-state index contributed by atoms with van der Waals surface area (Å²) in [5.74, 6) is -0.471. The smallest absolute Gasteiger partial charge is 0.309 e. The molecule has 2 atom stereocenters. The van der Waals surface area contributed by atoms with Crippen LogP contribution in [0, 0.1) is 17.3 Å². The van der Waals surface area contributed by atoms with Crippen LogP contribution in [0.15, 0.2) is 0 Å². The zero-order valence-corrected chi connectivity index (χ0v) is 13.1. The number of piperidine rings is 1. The third-order valence-corrected chi connectivity index (χ3v) is 4.35. The number of aliphatic carboxylic acids is 1. The second-order valence-corrected chi connectivity index (χ2v) is 6.89. The van der Waals surface area contributed by atoms with Crippen molar-refractivity contribution >= 4 is 11.9 Å². The number of carboxylic acid groups (broad SMARTS) is 1. The van der Waals surface area contributed by atoms with Gasteiger partial charge in [0.05, 0.1) is 11.5 Å². The van der Waals surface area contributed by atoms with E-state index in [0.29, 0.717) is 25.4 Å². The first-order valence-corrected chi connectivity index (χ1v) is 7.44. The number of nitrogens with zero attached hydrogens (tertiary/aromatic N) is 1. The van der Waals surface area contributed by atoms with Gasteiger partial charge in [0.25, 0.3) is 0 Å². The molecule has 5 nitrogen and oxygen atoms in total. The lowest BCUT2D eigenvalue weighted by molar-refractivity contribution is -0.153. The molecule has 1 rings (SSSR count). The predicted octanol–water partition coefficient (Wildman–Crippen LogP) is 1.71. The SMILES string of the molecule is CC(C)C[C@H](N)C(=O)N1CCCC(C(C)(C)C(=O)O)C1. The summed E-state index contributed by atoms with van der Waals surface area (Å²) >= 11 is 0. The minimum atomic E-state index is -0.804. The van der Waals surface area contributed by atoms with Gasteiger partial charge in [0.2, 0.25) is 5.91 Å². The van der Waals surface area contributed by atoms with Gasteiger partial charge < -0.3 is 15.7 Å². The summed E-state index contributed by atoms with van der Waals surface area (Å²) < 4.78 is 0. The fraction of sp³-hybridized carbons (Fsp3) is 0.867. The molecule has 0 spiro atoms. The van der Waals surface area contributed by atoms with E-state index in [9.17, 15) is 14.7 Å². The van der Waals surface area contributed by atoms with Gasteiger partial charge in [-0.3, -0.25) is 9.59 Å². The van der Waals surface area contributed by atoms with Crippen LogP contribution in [0.4, 0.5) is 0 Å². The van der Waals surface area contributed by atoms with E-state index in [-0.39, 0.29) is 11.8 Å². The molecule has 1 amide bonds. The first kappa shape index (κ1) is 17.0. The Morgan fingerprint density at radius 1 is 1.40 bits per heavy atom. The Labute approximate surface area is 121 Å². The van der Waals surface area contributed by atoms with Crippen molar-refractivity contribution in [3.05, 3.63) is 0 Å². The molecule has 1 saturated heterocycles. The van der Waals surface area contributed by atoms with Crippen molar-refractivity contribution in [1.82, 2.24) is 4.90 Å². The second-order valence-electron chi connectivity index (χ2n) is 6.89. The molecular weight excluding hydrogens is 256 g/mol. The molecule has 1 aliphatic heterocycles. The molecule has 0 saturated carbocycles. The van der Waals surface area contributed by atoms with Crippen LogP contribution >= 0.6 is 0 Å². The van der Waals surface area contributed by atoms with Gasteiger partial charge >= 0.3 is 5.97 Å². The average Bonchev–Trinajstić information content (AvgIpc) is 2.37. The number of hydrogen-bond donors (Lipinski definition) is 2. The third-order valence-electron chi connectivity index (χ3n) is 4.35. The maximum Gasteiger partial charge on any atom is 0.309 e. The summed E-state index contributed by atoms with van der Waals surface area (Å²) in [5, 5.41) is 9.32. The standard InChI is InChI=1S/C15H28N2O3/c1-10(2)8-12(16)13(18)17-7-5-6-11(9-17)15(3,4)14(19)20/h10-12H,5-9,16H2,1-4H3,(H,19,20)/t11?,12-/m0/s1. The van der Waals surface area contributed by atoms with Crippen molar-refractivity contribution in [1.29, 1.82) is 0 Å². The van der Waals surface area contributed by atoms with E-state index < -0.39 is 17.4 Å². The number of likely N-dealkylation sites (tertiary alicyclic amines) is 1. The van der Waals surface area contributed by atoms with E-state index in [1.165, 1.54) is 0 Å². The van der Waals surface area contributed by atoms with Crippen molar-refractivity contribution in [2.75, 3.05) is 13.1 Å². The predicted molar refractivity (Wildman–Crippen MR) is 78.2 cm³/mol. The molecule has 0 aromatic carbocycles. The topological polar surface area (TPSA) is 83.6 Å². The van der Waals surface area contributed by atoms with Crippen molar-refractivity contribution in [2.45, 2.75) is 53.0 Å². The van der Waals surface area contributed by atoms with Crippen molar-refractivity contribution in [3.8, 4) is 0 Å². The van der Waals surface area contributed by atoms with Gasteiger partial charge in [-0.15, -0.1) is 0 Å². The first-order chi connectivity index (χ1) is 9.16. The van der Waals surface area contributed by atoms with Crippen LogP contribution in [0.3, 0.4) is 0 Å². The Kier molecular flexibility index (Phi) is 5.57. The molecule has 1 aliphatic rings. The number of rotatable bonds is 5. The molecule has 116 valence electrons. The van der Waals surface area contributed by atoms with Crippen LogP contribution in [0.5, 0.6) is 0 Å². The third kappa shape index (κ3) is 3.95. The highest BCUT2D eigenvalue weighted by Gasteiger charge is 2.40. The molecule has 0 aromatic heterocycles. The minimum Gasteiger partial charge on any atom is -0.481 e. The van der Waals surface area contributed by atoms with Crippen LogP contribution in [-0.2, 0) is 9.59 Å². The van der Waals surface area contributed by atoms with E-state index in [1.807, 2.05) is 13.8 Å². The van der Waals surface area contributed by atoms with Gasteiger partial charge in [-0.2, -0.15) is 0 Å². The zero-order chi connectivity index (χ0) is 15.5. The monoisotopic (exact) mass is 284 g/mol. The molecule has 0 bridgehead atoms. The van der Waals surface area contributed by atoms with Crippen molar-refractivity contribution in [3.63, 3.8) is 0 Å². The Balaban J connectivity index is 2.70. The summed E-state index contributed by atoms with van der Waals surface area (Å²) in [7, 11) is 0. The van der Waals surface area contributed by atoms with E-state index in [2.05, 4.69) is 0 Å². The van der Waals surface area contributed by atoms with Crippen LogP contribution < -0.4 is 5.73 Å². The van der Waals surface area contributed by atoms with Gasteiger partial charge in [-0.1, -0.05) is 13.8 Å². The fourth-order valence-corrected chi connectivity index (χ4v) is 2.78. The number of nitrogens with two attached hydrogens (primary N) is 1. The molecule has 1 unspecified atom stereocenters. The van der Waals surface area contributed by atoms with E-state index in [1.54, 1.807) is 18.7 Å². The van der Waals surface area contributed by atoms with Crippen molar-refractivity contribution < 1.29 is 14.7 Å². The Hall–Kier alpha value is -1.10. The summed E-state index contributed by atoms with van der Waals surface area (Å²) in [6, 6.07) is -0.471. The Morgan fingerprint density at radius 3 is 2.50 bits per heavy atom. The van der Waals surface area contributed by atoms with Gasteiger partial charge in [-0.05, 0) is 44.9 Å². The van der Waals surface area contributed by atoms with Crippen LogP contribution in [-0.4, -0.2) is 41.0 Å². The van der Waals surface area contributed by atoms with E-state index >= 15 is 0 Å². The van der Waals surface area contributed by atoms with E-state index in [4.69, 9.17) is 5.73 Å². The summed E-state index contributed by atoms with van der Waals surface area (Å²) in [6.07, 6.45) is 2.37. The van der Waals surface area contributed by atoms with Gasteiger partial charge in [0, 0.05) is 13.1 Å². The summed E-state index contributed by atoms with van der Waals surface area (Å²) in [4.78, 5) is 25.4. The molecule has 1 fully saturated rings. The summed E-state index contributed by atoms with van der Waals surface area (Å²) in [6.45, 7) is 8.75. The highest BCUT2D eigenvalue weighted by molar-refractivity contribution is 5.82. The Bertz CT molecular complexity index is 366. The quantitative estimate of drug-likeness (QED) is 0.805. The number of hydrogen-bond acceptors (Lipinski definition) is 3. The lowest BCUT2D eigenvalue weighted by Crippen LogP contribution is -2.51. The molecule has 0 aromatic rings. The van der Waals surface area contributed by atoms with E-state index in [0.717, 1.165) is 12.8 Å². The molecule has 0 aliphatic carbocycles. The molecule has 1 heterocycles. The maximum absolute atomic E-state index is 12.3. The van der Waals surface area contributed by atoms with Crippen LogP contribution in [0.1, 0.15) is 47.0 Å². The average molecular weight is 284 g/mol. The molecule has 0 radical (unpaired) electrons. The second kappa shape index (κ2) is 6.57. The number of carbonyl (C=O) groups is 2. The normalized spacial score (nSPS) is 21.9. The fourth-order valence-electron chi connectivity index (χ4n) is 2.78. The van der Waals surface area contributed by atoms with Gasteiger partial charge in [0.1, 0.15) is 0 Å². The summed E-state index contributed by atoms with van der Waals surface area (Å²) in [5.41, 5.74) is 5.15. The van der Waals surface area contributed by atoms with Crippen molar-refractivity contribution in [2.24, 2.45) is 23.0 Å². The first-order valence-electron chi connectivity index (χ1n) is 7.44. The molecule has 3 N–H and O–H groups in total. The molecule has 20 heavy (non-hydrogen) atoms. The largest absolute Gasteiger partial charge is 0.481 e. The number of carbonyl (C=O) groups excluding carboxylic acids is 1. The number of amides is 1. The zero-order valence-electron chi connectivity index (χ0n) is 13.1. The van der Waals surface area contributed by atoms with Crippen LogP contribution in [0.2, 0.25) is 0 Å². The van der Waals surface area contributed by atoms with Gasteiger partial charge in [0.15, 0.2) is 0 Å². The lowest BCUT2D eigenvalue weighted by atomic mass is 9.74. The molecule has 5 heteroatoms. The number of carboxylic acids is 1. The molecular formula is C15H28N2O3.